The molecule has 2 nitrogen and oxygen atoms in total. The summed E-state index contributed by atoms with van der Waals surface area (Å²) in [6.07, 6.45) is -3.78. The van der Waals surface area contributed by atoms with Gasteiger partial charge in [-0.1, -0.05) is 18.2 Å². The SMILES string of the molecule is COc1ccc(Cc2ccc(C(F)(F)F)cc2)cc1N. The predicted octanol–water partition coefficient (Wildman–Crippen LogP) is 3.89. The zero-order valence-electron chi connectivity index (χ0n) is 10.9. The molecule has 2 rings (SSSR count). The molecule has 0 heterocycles. The van der Waals surface area contributed by atoms with Gasteiger partial charge < -0.3 is 10.5 Å². The van der Waals surface area contributed by atoms with Gasteiger partial charge in [0.25, 0.3) is 0 Å². The quantitative estimate of drug-likeness (QED) is 0.866. The zero-order valence-corrected chi connectivity index (χ0v) is 10.9. The third-order valence-electron chi connectivity index (χ3n) is 2.98. The Balaban J connectivity index is 2.16. The molecular weight excluding hydrogens is 267 g/mol. The average Bonchev–Trinajstić information content (AvgIpc) is 2.38. The summed E-state index contributed by atoms with van der Waals surface area (Å²) in [5.74, 6) is 0.584. The average molecular weight is 281 g/mol. The molecule has 0 atom stereocenters. The molecule has 0 bridgehead atoms. The first-order valence-electron chi connectivity index (χ1n) is 5.98. The van der Waals surface area contributed by atoms with Crippen molar-refractivity contribution in [2.24, 2.45) is 0 Å². The van der Waals surface area contributed by atoms with Crippen LogP contribution < -0.4 is 10.5 Å². The summed E-state index contributed by atoms with van der Waals surface area (Å²) in [6, 6.07) is 10.5. The van der Waals surface area contributed by atoms with Gasteiger partial charge >= 0.3 is 6.18 Å². The van der Waals surface area contributed by atoms with Crippen LogP contribution in [0.25, 0.3) is 0 Å². The molecule has 2 N–H and O–H groups in total. The van der Waals surface area contributed by atoms with Crippen molar-refractivity contribution in [3.63, 3.8) is 0 Å². The van der Waals surface area contributed by atoms with E-state index >= 15 is 0 Å². The summed E-state index contributed by atoms with van der Waals surface area (Å²) in [4.78, 5) is 0. The van der Waals surface area contributed by atoms with Crippen molar-refractivity contribution in [3.05, 3.63) is 59.2 Å². The molecule has 106 valence electrons. The predicted molar refractivity (Wildman–Crippen MR) is 71.7 cm³/mol. The fourth-order valence-corrected chi connectivity index (χ4v) is 1.94. The molecule has 0 aliphatic heterocycles. The van der Waals surface area contributed by atoms with Crippen LogP contribution in [0, 0.1) is 0 Å². The van der Waals surface area contributed by atoms with Crippen LogP contribution >= 0.6 is 0 Å². The Morgan fingerprint density at radius 1 is 1.00 bits per heavy atom. The van der Waals surface area contributed by atoms with Gasteiger partial charge in [-0.25, -0.2) is 0 Å². The number of benzene rings is 2. The highest BCUT2D eigenvalue weighted by Crippen LogP contribution is 2.29. The Bertz CT molecular complexity index is 591. The van der Waals surface area contributed by atoms with Gasteiger partial charge in [-0.05, 0) is 41.8 Å². The number of alkyl halides is 3. The number of hydrogen-bond donors (Lipinski definition) is 1. The first kappa shape index (κ1) is 14.2. The molecule has 5 heteroatoms. The lowest BCUT2D eigenvalue weighted by Gasteiger charge is -2.09. The molecular formula is C15H14F3NO. The van der Waals surface area contributed by atoms with Gasteiger partial charge in [0, 0.05) is 0 Å². The maximum atomic E-state index is 12.5. The van der Waals surface area contributed by atoms with Crippen molar-refractivity contribution < 1.29 is 17.9 Å². The number of anilines is 1. The van der Waals surface area contributed by atoms with Crippen molar-refractivity contribution in [1.29, 1.82) is 0 Å². The monoisotopic (exact) mass is 281 g/mol. The summed E-state index contributed by atoms with van der Waals surface area (Å²) in [7, 11) is 1.53. The minimum absolute atomic E-state index is 0.511. The summed E-state index contributed by atoms with van der Waals surface area (Å²) >= 11 is 0. The third-order valence-corrected chi connectivity index (χ3v) is 2.98. The Labute approximate surface area is 115 Å². The van der Waals surface area contributed by atoms with E-state index in [1.807, 2.05) is 6.07 Å². The van der Waals surface area contributed by atoms with Gasteiger partial charge in [-0.2, -0.15) is 13.2 Å². The molecule has 0 spiro atoms. The van der Waals surface area contributed by atoms with Crippen LogP contribution in [0.15, 0.2) is 42.5 Å². The van der Waals surface area contributed by atoms with Crippen LogP contribution in [-0.4, -0.2) is 7.11 Å². The van der Waals surface area contributed by atoms with Gasteiger partial charge in [-0.3, -0.25) is 0 Å². The van der Waals surface area contributed by atoms with E-state index in [1.165, 1.54) is 19.2 Å². The highest BCUT2D eigenvalue weighted by atomic mass is 19.4. The molecule has 0 saturated heterocycles. The topological polar surface area (TPSA) is 35.2 Å². The van der Waals surface area contributed by atoms with E-state index in [2.05, 4.69) is 0 Å². The molecule has 0 unspecified atom stereocenters. The summed E-state index contributed by atoms with van der Waals surface area (Å²) in [6.45, 7) is 0. The molecule has 0 amide bonds. The maximum absolute atomic E-state index is 12.5. The lowest BCUT2D eigenvalue weighted by atomic mass is 10.0. The lowest BCUT2D eigenvalue weighted by molar-refractivity contribution is -0.137. The van der Waals surface area contributed by atoms with E-state index in [-0.39, 0.29) is 0 Å². The molecule has 20 heavy (non-hydrogen) atoms. The van der Waals surface area contributed by atoms with Crippen LogP contribution in [0.1, 0.15) is 16.7 Å². The Morgan fingerprint density at radius 2 is 1.60 bits per heavy atom. The molecule has 2 aromatic carbocycles. The van der Waals surface area contributed by atoms with Gasteiger partial charge in [0.15, 0.2) is 0 Å². The number of rotatable bonds is 3. The van der Waals surface area contributed by atoms with Crippen molar-refractivity contribution >= 4 is 5.69 Å². The fraction of sp³-hybridized carbons (Fsp3) is 0.200. The highest BCUT2D eigenvalue weighted by Gasteiger charge is 2.29. The smallest absolute Gasteiger partial charge is 0.416 e. The van der Waals surface area contributed by atoms with Crippen LogP contribution in [0.2, 0.25) is 0 Å². The number of hydrogen-bond acceptors (Lipinski definition) is 2. The highest BCUT2D eigenvalue weighted by molar-refractivity contribution is 5.54. The summed E-state index contributed by atoms with van der Waals surface area (Å²) in [5, 5.41) is 0. The Morgan fingerprint density at radius 3 is 2.10 bits per heavy atom. The van der Waals surface area contributed by atoms with Crippen molar-refractivity contribution in [1.82, 2.24) is 0 Å². The Kier molecular flexibility index (Phi) is 3.88. The molecule has 0 fully saturated rings. The van der Waals surface area contributed by atoms with Crippen LogP contribution in [0.3, 0.4) is 0 Å². The van der Waals surface area contributed by atoms with Crippen molar-refractivity contribution in [3.8, 4) is 5.75 Å². The molecule has 0 radical (unpaired) electrons. The maximum Gasteiger partial charge on any atom is 0.416 e. The van der Waals surface area contributed by atoms with Crippen LogP contribution in [0.5, 0.6) is 5.75 Å². The number of methoxy groups -OCH3 is 1. The lowest BCUT2D eigenvalue weighted by Crippen LogP contribution is -2.04. The van der Waals surface area contributed by atoms with Crippen molar-refractivity contribution in [2.75, 3.05) is 12.8 Å². The second-order valence-corrected chi connectivity index (χ2v) is 4.45. The van der Waals surface area contributed by atoms with E-state index in [0.29, 0.717) is 17.9 Å². The minimum atomic E-state index is -4.30. The molecule has 0 aliphatic rings. The third kappa shape index (κ3) is 3.23. The largest absolute Gasteiger partial charge is 0.495 e. The Hall–Kier alpha value is -2.17. The van der Waals surface area contributed by atoms with E-state index < -0.39 is 11.7 Å². The van der Waals surface area contributed by atoms with Gasteiger partial charge in [0.2, 0.25) is 0 Å². The normalized spacial score (nSPS) is 11.4. The van der Waals surface area contributed by atoms with Gasteiger partial charge in [-0.15, -0.1) is 0 Å². The molecule has 2 aromatic rings. The minimum Gasteiger partial charge on any atom is -0.495 e. The summed E-state index contributed by atoms with van der Waals surface area (Å²) in [5.41, 5.74) is 7.37. The number of nitrogens with two attached hydrogens (primary N) is 1. The first-order chi connectivity index (χ1) is 9.40. The van der Waals surface area contributed by atoms with Gasteiger partial charge in [0.05, 0.1) is 18.4 Å². The number of halogens is 3. The van der Waals surface area contributed by atoms with Gasteiger partial charge in [0.1, 0.15) is 5.75 Å². The van der Waals surface area contributed by atoms with E-state index in [9.17, 15) is 13.2 Å². The van der Waals surface area contributed by atoms with Crippen molar-refractivity contribution in [2.45, 2.75) is 12.6 Å². The molecule has 0 aliphatic carbocycles. The second kappa shape index (κ2) is 5.45. The number of ether oxygens (including phenoxy) is 1. The fourth-order valence-electron chi connectivity index (χ4n) is 1.94. The molecule has 0 saturated carbocycles. The summed E-state index contributed by atoms with van der Waals surface area (Å²) < 4.78 is 42.4. The van der Waals surface area contributed by atoms with E-state index in [0.717, 1.165) is 23.3 Å². The van der Waals surface area contributed by atoms with E-state index in [1.54, 1.807) is 12.1 Å². The second-order valence-electron chi connectivity index (χ2n) is 4.45. The number of nitrogen functional groups attached to an aromatic ring is 1. The van der Waals surface area contributed by atoms with Crippen LogP contribution in [-0.2, 0) is 12.6 Å². The zero-order chi connectivity index (χ0) is 14.8. The first-order valence-corrected chi connectivity index (χ1v) is 5.98. The van der Waals surface area contributed by atoms with E-state index in [4.69, 9.17) is 10.5 Å². The standard InChI is InChI=1S/C15H14F3NO/c1-20-14-7-4-11(9-13(14)19)8-10-2-5-12(6-3-10)15(16,17)18/h2-7,9H,8,19H2,1H3. The molecule has 0 aromatic heterocycles. The van der Waals surface area contributed by atoms with Crippen LogP contribution in [0.4, 0.5) is 18.9 Å².